The third-order valence-corrected chi connectivity index (χ3v) is 2.55. The second-order valence-electron chi connectivity index (χ2n) is 3.44. The number of rotatable bonds is 1. The first-order chi connectivity index (χ1) is 5.86. The van der Waals surface area contributed by atoms with Crippen LogP contribution in [-0.2, 0) is 0 Å². The average molecular weight is 203 g/mol. The van der Waals surface area contributed by atoms with Crippen molar-refractivity contribution in [2.45, 2.75) is 37.8 Å². The van der Waals surface area contributed by atoms with Gasteiger partial charge >= 0.3 is 0 Å². The topological polar surface area (TPSA) is 56.7 Å². The summed E-state index contributed by atoms with van der Waals surface area (Å²) in [5.41, 5.74) is 5.81. The molecule has 1 aliphatic rings. The van der Waals surface area contributed by atoms with E-state index in [1.165, 1.54) is 0 Å². The molecule has 1 fully saturated rings. The fourth-order valence-corrected chi connectivity index (χ4v) is 1.77. The summed E-state index contributed by atoms with van der Waals surface area (Å²) in [6.45, 7) is 0. The predicted octanol–water partition coefficient (Wildman–Crippen LogP) is 1.14. The van der Waals surface area contributed by atoms with Crippen LogP contribution in [0.4, 0.5) is 0 Å². The van der Waals surface area contributed by atoms with E-state index in [9.17, 15) is 0 Å². The minimum Gasteiger partial charge on any atom is -0.328 e. The van der Waals surface area contributed by atoms with Crippen LogP contribution in [0.5, 0.6) is 0 Å². The second kappa shape index (κ2) is 4.58. The van der Waals surface area contributed by atoms with E-state index in [0.717, 1.165) is 25.7 Å². The van der Waals surface area contributed by atoms with Crippen molar-refractivity contribution in [3.8, 4) is 0 Å². The van der Waals surface area contributed by atoms with Gasteiger partial charge in [0.1, 0.15) is 12.7 Å². The molecule has 0 bridgehead atoms. The Kier molecular flexibility index (Phi) is 3.69. The van der Waals surface area contributed by atoms with Gasteiger partial charge < -0.3 is 5.73 Å². The molecule has 1 saturated carbocycles. The zero-order valence-corrected chi connectivity index (χ0v) is 8.28. The molecular weight excluding hydrogens is 188 g/mol. The van der Waals surface area contributed by atoms with E-state index in [2.05, 4.69) is 10.1 Å². The van der Waals surface area contributed by atoms with E-state index < -0.39 is 0 Å². The van der Waals surface area contributed by atoms with E-state index in [-0.39, 0.29) is 12.4 Å². The number of hydrogen-bond donors (Lipinski definition) is 1. The van der Waals surface area contributed by atoms with Gasteiger partial charge in [-0.05, 0) is 25.7 Å². The normalized spacial score (nSPS) is 28.1. The van der Waals surface area contributed by atoms with Crippen LogP contribution in [0.3, 0.4) is 0 Å². The summed E-state index contributed by atoms with van der Waals surface area (Å²) >= 11 is 0. The molecule has 1 heterocycles. The molecule has 2 rings (SSSR count). The molecular formula is C8H15ClN4. The maximum absolute atomic E-state index is 5.81. The zero-order valence-electron chi connectivity index (χ0n) is 7.47. The van der Waals surface area contributed by atoms with Crippen molar-refractivity contribution >= 4 is 12.4 Å². The van der Waals surface area contributed by atoms with Crippen LogP contribution in [0.1, 0.15) is 31.7 Å². The average Bonchev–Trinajstić information content (AvgIpc) is 2.58. The minimum absolute atomic E-state index is 0. The highest BCUT2D eigenvalue weighted by molar-refractivity contribution is 5.85. The molecule has 5 heteroatoms. The van der Waals surface area contributed by atoms with Gasteiger partial charge in [-0.1, -0.05) is 0 Å². The van der Waals surface area contributed by atoms with E-state index in [1.54, 1.807) is 12.7 Å². The third-order valence-electron chi connectivity index (χ3n) is 2.55. The van der Waals surface area contributed by atoms with Gasteiger partial charge in [0.25, 0.3) is 0 Å². The summed E-state index contributed by atoms with van der Waals surface area (Å²) in [5.74, 6) is 0. The molecule has 74 valence electrons. The van der Waals surface area contributed by atoms with Gasteiger partial charge in [-0.15, -0.1) is 12.4 Å². The molecule has 0 atom stereocenters. The van der Waals surface area contributed by atoms with Gasteiger partial charge in [0.2, 0.25) is 0 Å². The highest BCUT2D eigenvalue weighted by Crippen LogP contribution is 2.26. The fraction of sp³-hybridized carbons (Fsp3) is 0.750. The Morgan fingerprint density at radius 3 is 2.46 bits per heavy atom. The Bertz CT molecular complexity index is 228. The Balaban J connectivity index is 0.000000845. The molecule has 0 saturated heterocycles. The van der Waals surface area contributed by atoms with Gasteiger partial charge in [-0.3, -0.25) is 0 Å². The zero-order chi connectivity index (χ0) is 8.39. The smallest absolute Gasteiger partial charge is 0.137 e. The SMILES string of the molecule is Cl.NC1CCC(n2cncn2)CC1. The standard InChI is InChI=1S/C8H14N4.ClH/c9-7-1-3-8(4-2-7)12-6-10-5-11-12;/h5-8H,1-4,9H2;1H. The second-order valence-corrected chi connectivity index (χ2v) is 3.44. The largest absolute Gasteiger partial charge is 0.328 e. The van der Waals surface area contributed by atoms with Gasteiger partial charge in [-0.2, -0.15) is 5.10 Å². The molecule has 0 spiro atoms. The Morgan fingerprint density at radius 2 is 1.92 bits per heavy atom. The minimum atomic E-state index is 0. The van der Waals surface area contributed by atoms with Crippen LogP contribution in [0.25, 0.3) is 0 Å². The molecule has 2 N–H and O–H groups in total. The predicted molar refractivity (Wildman–Crippen MR) is 52.8 cm³/mol. The van der Waals surface area contributed by atoms with Crippen LogP contribution in [0.15, 0.2) is 12.7 Å². The van der Waals surface area contributed by atoms with Crippen LogP contribution in [-0.4, -0.2) is 20.8 Å². The Morgan fingerprint density at radius 1 is 1.23 bits per heavy atom. The van der Waals surface area contributed by atoms with Crippen molar-refractivity contribution in [3.05, 3.63) is 12.7 Å². The quantitative estimate of drug-likeness (QED) is 0.743. The molecule has 0 radical (unpaired) electrons. The lowest BCUT2D eigenvalue weighted by atomic mass is 9.92. The number of halogens is 1. The Labute approximate surface area is 83.9 Å². The highest BCUT2D eigenvalue weighted by atomic mass is 35.5. The molecule has 1 aliphatic carbocycles. The number of hydrogen-bond acceptors (Lipinski definition) is 3. The summed E-state index contributed by atoms with van der Waals surface area (Å²) in [6, 6.07) is 0.942. The van der Waals surface area contributed by atoms with Crippen LogP contribution < -0.4 is 5.73 Å². The van der Waals surface area contributed by atoms with Crippen LogP contribution in [0, 0.1) is 0 Å². The lowest BCUT2D eigenvalue weighted by Crippen LogP contribution is -2.27. The van der Waals surface area contributed by atoms with Crippen molar-refractivity contribution in [2.24, 2.45) is 5.73 Å². The molecule has 0 aliphatic heterocycles. The number of nitrogens with zero attached hydrogens (tertiary/aromatic N) is 3. The fourth-order valence-electron chi connectivity index (χ4n) is 1.77. The van der Waals surface area contributed by atoms with Gasteiger partial charge in [0.05, 0.1) is 6.04 Å². The third kappa shape index (κ3) is 2.42. The summed E-state index contributed by atoms with van der Waals surface area (Å²) in [4.78, 5) is 3.94. The van der Waals surface area contributed by atoms with Crippen LogP contribution in [0.2, 0.25) is 0 Å². The maximum Gasteiger partial charge on any atom is 0.137 e. The first-order valence-corrected chi connectivity index (χ1v) is 4.46. The molecule has 4 nitrogen and oxygen atoms in total. The lowest BCUT2D eigenvalue weighted by molar-refractivity contribution is 0.304. The van der Waals surface area contributed by atoms with E-state index in [4.69, 9.17) is 5.73 Å². The van der Waals surface area contributed by atoms with E-state index >= 15 is 0 Å². The lowest BCUT2D eigenvalue weighted by Gasteiger charge is -2.25. The number of nitrogens with two attached hydrogens (primary N) is 1. The number of aromatic nitrogens is 3. The summed E-state index contributed by atoms with van der Waals surface area (Å²) < 4.78 is 1.95. The van der Waals surface area contributed by atoms with Crippen molar-refractivity contribution in [1.82, 2.24) is 14.8 Å². The van der Waals surface area contributed by atoms with Crippen molar-refractivity contribution in [2.75, 3.05) is 0 Å². The molecule has 1 aromatic heterocycles. The molecule has 0 amide bonds. The highest BCUT2D eigenvalue weighted by Gasteiger charge is 2.19. The summed E-state index contributed by atoms with van der Waals surface area (Å²) in [6.07, 6.45) is 7.90. The maximum atomic E-state index is 5.81. The first-order valence-electron chi connectivity index (χ1n) is 4.46. The Hall–Kier alpha value is -0.610. The van der Waals surface area contributed by atoms with Crippen molar-refractivity contribution in [3.63, 3.8) is 0 Å². The van der Waals surface area contributed by atoms with Gasteiger partial charge in [0, 0.05) is 6.04 Å². The monoisotopic (exact) mass is 202 g/mol. The summed E-state index contributed by atoms with van der Waals surface area (Å²) in [5, 5.41) is 4.13. The molecule has 0 unspecified atom stereocenters. The van der Waals surface area contributed by atoms with Crippen molar-refractivity contribution in [1.29, 1.82) is 0 Å². The van der Waals surface area contributed by atoms with Crippen molar-refractivity contribution < 1.29 is 0 Å². The van der Waals surface area contributed by atoms with E-state index in [1.807, 2.05) is 4.68 Å². The molecule has 13 heavy (non-hydrogen) atoms. The van der Waals surface area contributed by atoms with E-state index in [0.29, 0.717) is 12.1 Å². The molecule has 1 aromatic rings. The molecule has 0 aromatic carbocycles. The van der Waals surface area contributed by atoms with Crippen LogP contribution >= 0.6 is 12.4 Å². The summed E-state index contributed by atoms with van der Waals surface area (Å²) in [7, 11) is 0. The first kappa shape index (κ1) is 10.5. The van der Waals surface area contributed by atoms with Gasteiger partial charge in [0.15, 0.2) is 0 Å². The van der Waals surface area contributed by atoms with Gasteiger partial charge in [-0.25, -0.2) is 9.67 Å².